The number of nitrogens with zero attached hydrogens (tertiary/aromatic N) is 1. The molecule has 1 aliphatic rings. The van der Waals surface area contributed by atoms with E-state index in [4.69, 9.17) is 0 Å². The third-order valence-corrected chi connectivity index (χ3v) is 2.19. The molecule has 0 spiro atoms. The fourth-order valence-electron chi connectivity index (χ4n) is 1.37. The summed E-state index contributed by atoms with van der Waals surface area (Å²) in [5.74, 6) is 0. The van der Waals surface area contributed by atoms with Crippen LogP contribution in [0.1, 0.15) is 32.6 Å². The fourth-order valence-corrected chi connectivity index (χ4v) is 1.37. The largest absolute Gasteiger partial charge is 0.412 e. The topological polar surface area (TPSA) is 12.4 Å². The average Bonchev–Trinajstić information content (AvgIpc) is 2.14. The highest BCUT2D eigenvalue weighted by Gasteiger charge is 2.34. The molecule has 0 unspecified atom stereocenters. The normalized spacial score (nSPS) is 17.7. The van der Waals surface area contributed by atoms with Gasteiger partial charge in [-0.15, -0.1) is 0 Å². The highest BCUT2D eigenvalue weighted by molar-refractivity contribution is 5.96. The van der Waals surface area contributed by atoms with Crippen molar-refractivity contribution in [2.75, 3.05) is 6.54 Å². The van der Waals surface area contributed by atoms with E-state index in [2.05, 4.69) is 4.99 Å². The van der Waals surface area contributed by atoms with E-state index in [1.165, 1.54) is 6.08 Å². The van der Waals surface area contributed by atoms with E-state index >= 15 is 0 Å². The van der Waals surface area contributed by atoms with Gasteiger partial charge in [-0.05, 0) is 25.3 Å². The molecule has 1 aliphatic heterocycles. The summed E-state index contributed by atoms with van der Waals surface area (Å²) in [6, 6.07) is 0. The summed E-state index contributed by atoms with van der Waals surface area (Å²) in [5, 5.41) is 0. The number of hydrogen-bond donors (Lipinski definition) is 0. The van der Waals surface area contributed by atoms with E-state index in [-0.39, 0.29) is 13.0 Å². The molecule has 0 amide bonds. The summed E-state index contributed by atoms with van der Waals surface area (Å²) in [6.07, 6.45) is -0.392. The summed E-state index contributed by atoms with van der Waals surface area (Å²) < 4.78 is 36.9. The molecule has 0 saturated heterocycles. The van der Waals surface area contributed by atoms with E-state index in [0.29, 0.717) is 12.1 Å². The van der Waals surface area contributed by atoms with Gasteiger partial charge in [0.25, 0.3) is 0 Å². The van der Waals surface area contributed by atoms with E-state index in [0.717, 1.165) is 12.8 Å². The molecule has 0 N–H and O–H groups in total. The van der Waals surface area contributed by atoms with Crippen LogP contribution in [0.3, 0.4) is 0 Å². The summed E-state index contributed by atoms with van der Waals surface area (Å²) >= 11 is 0. The molecule has 80 valence electrons. The molecular formula is C10H14F3N. The molecular weight excluding hydrogens is 191 g/mol. The second kappa shape index (κ2) is 4.62. The van der Waals surface area contributed by atoms with Crippen molar-refractivity contribution < 1.29 is 13.2 Å². The molecule has 0 radical (unpaired) electrons. The van der Waals surface area contributed by atoms with Crippen molar-refractivity contribution >= 4 is 5.71 Å². The monoisotopic (exact) mass is 205 g/mol. The maximum absolute atomic E-state index is 12.3. The van der Waals surface area contributed by atoms with Crippen molar-refractivity contribution in [1.29, 1.82) is 0 Å². The molecule has 1 rings (SSSR count). The first kappa shape index (κ1) is 11.3. The Morgan fingerprint density at radius 3 is 2.71 bits per heavy atom. The van der Waals surface area contributed by atoms with Crippen molar-refractivity contribution in [3.8, 4) is 0 Å². The van der Waals surface area contributed by atoms with Crippen LogP contribution in [-0.4, -0.2) is 18.4 Å². The van der Waals surface area contributed by atoms with Gasteiger partial charge in [-0.25, -0.2) is 0 Å². The van der Waals surface area contributed by atoms with Gasteiger partial charge in [0, 0.05) is 17.8 Å². The van der Waals surface area contributed by atoms with E-state index in [9.17, 15) is 13.2 Å². The average molecular weight is 205 g/mol. The third kappa shape index (κ3) is 3.16. The van der Waals surface area contributed by atoms with Crippen molar-refractivity contribution in [1.82, 2.24) is 0 Å². The number of alkyl halides is 3. The van der Waals surface area contributed by atoms with E-state index in [1.807, 2.05) is 6.92 Å². The molecule has 0 aliphatic carbocycles. The minimum Gasteiger partial charge on any atom is -0.289 e. The lowest BCUT2D eigenvalue weighted by Crippen LogP contribution is -2.17. The van der Waals surface area contributed by atoms with Crippen LogP contribution in [0.25, 0.3) is 0 Å². The highest BCUT2D eigenvalue weighted by atomic mass is 19.4. The van der Waals surface area contributed by atoms with Gasteiger partial charge in [0.15, 0.2) is 0 Å². The zero-order valence-corrected chi connectivity index (χ0v) is 8.19. The predicted octanol–water partition coefficient (Wildman–Crippen LogP) is 3.51. The molecule has 0 atom stereocenters. The SMILES string of the molecule is CCCCC1=NCCC(C(F)(F)F)=C1. The molecule has 0 aromatic rings. The van der Waals surface area contributed by atoms with Crippen LogP contribution in [0.2, 0.25) is 0 Å². The highest BCUT2D eigenvalue weighted by Crippen LogP contribution is 2.30. The van der Waals surface area contributed by atoms with Crippen LogP contribution in [0.4, 0.5) is 13.2 Å². The Kier molecular flexibility index (Phi) is 3.72. The van der Waals surface area contributed by atoms with Crippen LogP contribution >= 0.6 is 0 Å². The standard InChI is InChI=1S/C10H14F3N/c1-2-3-4-9-7-8(5-6-14-9)10(11,12)13/h7H,2-6H2,1H3. The van der Waals surface area contributed by atoms with Gasteiger partial charge in [0.2, 0.25) is 0 Å². The molecule has 0 aromatic heterocycles. The summed E-state index contributed by atoms with van der Waals surface area (Å²) in [7, 11) is 0. The lowest BCUT2D eigenvalue weighted by atomic mass is 10.0. The summed E-state index contributed by atoms with van der Waals surface area (Å²) in [6.45, 7) is 2.29. The van der Waals surface area contributed by atoms with Gasteiger partial charge in [-0.1, -0.05) is 13.3 Å². The van der Waals surface area contributed by atoms with Crippen molar-refractivity contribution in [2.45, 2.75) is 38.8 Å². The zero-order valence-electron chi connectivity index (χ0n) is 8.19. The molecule has 0 fully saturated rings. The minimum atomic E-state index is -4.17. The van der Waals surface area contributed by atoms with E-state index in [1.54, 1.807) is 0 Å². The number of unbranched alkanes of at least 4 members (excludes halogenated alkanes) is 1. The number of dihydropyridines is 1. The van der Waals surface area contributed by atoms with Gasteiger partial charge >= 0.3 is 6.18 Å². The quantitative estimate of drug-likeness (QED) is 0.668. The van der Waals surface area contributed by atoms with Crippen LogP contribution in [0.5, 0.6) is 0 Å². The third-order valence-electron chi connectivity index (χ3n) is 2.19. The van der Waals surface area contributed by atoms with Crippen LogP contribution < -0.4 is 0 Å². The Hall–Kier alpha value is -0.800. The molecule has 1 heterocycles. The first-order chi connectivity index (χ1) is 6.54. The molecule has 0 bridgehead atoms. The number of hydrogen-bond acceptors (Lipinski definition) is 1. The predicted molar refractivity (Wildman–Crippen MR) is 50.6 cm³/mol. The Morgan fingerprint density at radius 1 is 1.43 bits per heavy atom. The van der Waals surface area contributed by atoms with Crippen LogP contribution in [-0.2, 0) is 0 Å². The Balaban J connectivity index is 2.63. The van der Waals surface area contributed by atoms with Crippen LogP contribution in [0, 0.1) is 0 Å². The fraction of sp³-hybridized carbons (Fsp3) is 0.700. The number of aliphatic imine (C=N–C) groups is 1. The maximum atomic E-state index is 12.3. The Morgan fingerprint density at radius 2 is 2.14 bits per heavy atom. The van der Waals surface area contributed by atoms with Crippen LogP contribution in [0.15, 0.2) is 16.6 Å². The molecule has 0 aromatic carbocycles. The van der Waals surface area contributed by atoms with Gasteiger partial charge < -0.3 is 0 Å². The lowest BCUT2D eigenvalue weighted by Gasteiger charge is -2.15. The maximum Gasteiger partial charge on any atom is 0.412 e. The minimum absolute atomic E-state index is 0.0269. The summed E-state index contributed by atoms with van der Waals surface area (Å²) in [5.41, 5.74) is 0.170. The van der Waals surface area contributed by atoms with Gasteiger partial charge in [0.05, 0.1) is 0 Å². The number of allylic oxidation sites excluding steroid dienone is 1. The second-order valence-electron chi connectivity index (χ2n) is 3.39. The Labute approximate surface area is 81.7 Å². The van der Waals surface area contributed by atoms with Gasteiger partial charge in [-0.2, -0.15) is 13.2 Å². The first-order valence-electron chi connectivity index (χ1n) is 4.85. The van der Waals surface area contributed by atoms with Crippen molar-refractivity contribution in [3.05, 3.63) is 11.6 Å². The molecule has 14 heavy (non-hydrogen) atoms. The number of halogens is 3. The number of rotatable bonds is 3. The Bertz CT molecular complexity index is 251. The first-order valence-corrected chi connectivity index (χ1v) is 4.85. The second-order valence-corrected chi connectivity index (χ2v) is 3.39. The molecule has 1 nitrogen and oxygen atoms in total. The van der Waals surface area contributed by atoms with E-state index < -0.39 is 11.7 Å². The van der Waals surface area contributed by atoms with Crippen molar-refractivity contribution in [2.24, 2.45) is 4.99 Å². The zero-order chi connectivity index (χ0) is 10.6. The smallest absolute Gasteiger partial charge is 0.289 e. The lowest BCUT2D eigenvalue weighted by molar-refractivity contribution is -0.0938. The molecule has 0 saturated carbocycles. The van der Waals surface area contributed by atoms with Gasteiger partial charge in [-0.3, -0.25) is 4.99 Å². The summed E-state index contributed by atoms with van der Waals surface area (Å²) in [4.78, 5) is 4.07. The molecule has 4 heteroatoms. The van der Waals surface area contributed by atoms with Gasteiger partial charge in [0.1, 0.15) is 0 Å². The van der Waals surface area contributed by atoms with Crippen molar-refractivity contribution in [3.63, 3.8) is 0 Å².